The van der Waals surface area contributed by atoms with Crippen molar-refractivity contribution in [3.8, 4) is 11.3 Å². The van der Waals surface area contributed by atoms with Gasteiger partial charge in [-0.2, -0.15) is 4.98 Å². The SMILES string of the molecule is CCCCCc1ccc(-c2cc3cn([C@@H]4CC[C@H](CO)O4)c(=O)nc3o2)cc1. The van der Waals surface area contributed by atoms with Gasteiger partial charge in [0.25, 0.3) is 0 Å². The van der Waals surface area contributed by atoms with E-state index < -0.39 is 5.69 Å². The lowest BCUT2D eigenvalue weighted by Crippen LogP contribution is -2.27. The maximum Gasteiger partial charge on any atom is 0.353 e. The van der Waals surface area contributed by atoms with Gasteiger partial charge in [0.2, 0.25) is 5.71 Å². The largest absolute Gasteiger partial charge is 0.437 e. The predicted molar refractivity (Wildman–Crippen MR) is 107 cm³/mol. The lowest BCUT2D eigenvalue weighted by atomic mass is 10.0. The molecule has 0 bridgehead atoms. The van der Waals surface area contributed by atoms with Crippen molar-refractivity contribution in [2.24, 2.45) is 0 Å². The van der Waals surface area contributed by atoms with Gasteiger partial charge in [-0.25, -0.2) is 4.79 Å². The van der Waals surface area contributed by atoms with Gasteiger partial charge in [0.1, 0.15) is 12.0 Å². The van der Waals surface area contributed by atoms with Crippen molar-refractivity contribution in [3.63, 3.8) is 0 Å². The van der Waals surface area contributed by atoms with Crippen LogP contribution < -0.4 is 5.69 Å². The zero-order valence-electron chi connectivity index (χ0n) is 16.1. The molecule has 4 rings (SSSR count). The molecule has 2 aromatic heterocycles. The molecule has 1 aliphatic heterocycles. The fraction of sp³-hybridized carbons (Fsp3) is 0.455. The molecular weight excluding hydrogens is 356 g/mol. The molecule has 0 radical (unpaired) electrons. The Morgan fingerprint density at radius 1 is 1.21 bits per heavy atom. The Labute approximate surface area is 163 Å². The first-order chi connectivity index (χ1) is 13.7. The molecule has 0 amide bonds. The molecule has 28 heavy (non-hydrogen) atoms. The molecule has 1 aromatic carbocycles. The normalized spacial score (nSPS) is 19.5. The minimum Gasteiger partial charge on any atom is -0.437 e. The number of ether oxygens (including phenoxy) is 1. The number of aliphatic hydroxyl groups excluding tert-OH is 1. The number of aliphatic hydroxyl groups is 1. The molecule has 1 N–H and O–H groups in total. The van der Waals surface area contributed by atoms with Gasteiger partial charge in [0.05, 0.1) is 18.1 Å². The van der Waals surface area contributed by atoms with Gasteiger partial charge in [-0.1, -0.05) is 44.0 Å². The van der Waals surface area contributed by atoms with E-state index in [0.717, 1.165) is 23.8 Å². The van der Waals surface area contributed by atoms with E-state index in [1.54, 1.807) is 6.20 Å². The first-order valence-electron chi connectivity index (χ1n) is 10.1. The average molecular weight is 382 g/mol. The Bertz CT molecular complexity index is 990. The van der Waals surface area contributed by atoms with Gasteiger partial charge < -0.3 is 14.3 Å². The van der Waals surface area contributed by atoms with Crippen molar-refractivity contribution in [3.05, 3.63) is 52.6 Å². The van der Waals surface area contributed by atoms with E-state index in [1.807, 2.05) is 6.07 Å². The fourth-order valence-electron chi connectivity index (χ4n) is 3.71. The second-order valence-electron chi connectivity index (χ2n) is 7.43. The van der Waals surface area contributed by atoms with Crippen LogP contribution in [0.3, 0.4) is 0 Å². The predicted octanol–water partition coefficient (Wildman–Crippen LogP) is 4.06. The number of fused-ring (bicyclic) bond motifs is 1. The third-order valence-corrected chi connectivity index (χ3v) is 5.34. The summed E-state index contributed by atoms with van der Waals surface area (Å²) in [6, 6.07) is 10.3. The van der Waals surface area contributed by atoms with Crippen molar-refractivity contribution in [1.29, 1.82) is 0 Å². The summed E-state index contributed by atoms with van der Waals surface area (Å²) in [7, 11) is 0. The number of unbranched alkanes of at least 4 members (excludes halogenated alkanes) is 2. The molecule has 6 heteroatoms. The minimum absolute atomic E-state index is 0.0365. The molecule has 0 aliphatic carbocycles. The zero-order chi connectivity index (χ0) is 19.5. The molecule has 1 fully saturated rings. The van der Waals surface area contributed by atoms with E-state index in [1.165, 1.54) is 29.4 Å². The summed E-state index contributed by atoms with van der Waals surface area (Å²) >= 11 is 0. The number of hydrogen-bond acceptors (Lipinski definition) is 5. The molecule has 148 valence electrons. The molecule has 3 heterocycles. The summed E-state index contributed by atoms with van der Waals surface area (Å²) in [5, 5.41) is 10.00. The van der Waals surface area contributed by atoms with E-state index in [4.69, 9.17) is 9.15 Å². The maximum atomic E-state index is 12.4. The molecule has 2 atom stereocenters. The van der Waals surface area contributed by atoms with Gasteiger partial charge in [-0.05, 0) is 37.3 Å². The second kappa shape index (κ2) is 8.29. The second-order valence-corrected chi connectivity index (χ2v) is 7.43. The van der Waals surface area contributed by atoms with Crippen molar-refractivity contribution in [2.75, 3.05) is 6.61 Å². The lowest BCUT2D eigenvalue weighted by molar-refractivity contribution is -0.0243. The van der Waals surface area contributed by atoms with Crippen LogP contribution in [0, 0.1) is 0 Å². The van der Waals surface area contributed by atoms with Crippen LogP contribution in [0.25, 0.3) is 22.4 Å². The van der Waals surface area contributed by atoms with E-state index >= 15 is 0 Å². The molecule has 0 saturated carbocycles. The van der Waals surface area contributed by atoms with Crippen LogP contribution >= 0.6 is 0 Å². The third kappa shape index (κ3) is 3.88. The van der Waals surface area contributed by atoms with Crippen LogP contribution in [-0.4, -0.2) is 27.4 Å². The van der Waals surface area contributed by atoms with Gasteiger partial charge in [0, 0.05) is 11.8 Å². The highest BCUT2D eigenvalue weighted by Crippen LogP contribution is 2.30. The number of aromatic nitrogens is 2. The lowest BCUT2D eigenvalue weighted by Gasteiger charge is -2.14. The molecule has 0 unspecified atom stereocenters. The zero-order valence-corrected chi connectivity index (χ0v) is 16.1. The Morgan fingerprint density at radius 3 is 2.75 bits per heavy atom. The van der Waals surface area contributed by atoms with Crippen LogP contribution in [-0.2, 0) is 11.2 Å². The highest BCUT2D eigenvalue weighted by molar-refractivity contribution is 5.79. The fourth-order valence-corrected chi connectivity index (χ4v) is 3.71. The van der Waals surface area contributed by atoms with E-state index in [0.29, 0.717) is 17.9 Å². The van der Waals surface area contributed by atoms with Crippen molar-refractivity contribution in [2.45, 2.75) is 57.8 Å². The standard InChI is InChI=1S/C22H26N2O4/c1-2-3-4-5-15-6-8-16(9-7-15)19-12-17-13-24(22(26)23-21(17)28-19)20-11-10-18(14-25)27-20/h6-9,12-13,18,20,25H,2-5,10-11,14H2,1H3/t18-,20+/m1/s1. The summed E-state index contributed by atoms with van der Waals surface area (Å²) in [5.41, 5.74) is 2.22. The van der Waals surface area contributed by atoms with Gasteiger partial charge in [-0.15, -0.1) is 0 Å². The molecule has 1 aliphatic rings. The summed E-state index contributed by atoms with van der Waals surface area (Å²) in [6.45, 7) is 2.17. The van der Waals surface area contributed by atoms with E-state index in [-0.39, 0.29) is 18.9 Å². The van der Waals surface area contributed by atoms with E-state index in [9.17, 15) is 9.90 Å². The van der Waals surface area contributed by atoms with Crippen LogP contribution in [0.2, 0.25) is 0 Å². The Kier molecular flexibility index (Phi) is 5.59. The smallest absolute Gasteiger partial charge is 0.353 e. The van der Waals surface area contributed by atoms with Gasteiger partial charge in [0.15, 0.2) is 0 Å². The highest BCUT2D eigenvalue weighted by atomic mass is 16.5. The number of rotatable bonds is 7. The van der Waals surface area contributed by atoms with E-state index in [2.05, 4.69) is 36.2 Å². The minimum atomic E-state index is -0.400. The monoisotopic (exact) mass is 382 g/mol. The van der Waals surface area contributed by atoms with Crippen molar-refractivity contribution in [1.82, 2.24) is 9.55 Å². The first-order valence-corrected chi connectivity index (χ1v) is 10.1. The number of furan rings is 1. The number of hydrogen-bond donors (Lipinski definition) is 1. The summed E-state index contributed by atoms with van der Waals surface area (Å²) in [6.07, 6.45) is 7.31. The first kappa shape index (κ1) is 18.9. The molecule has 0 spiro atoms. The number of benzene rings is 1. The summed E-state index contributed by atoms with van der Waals surface area (Å²) in [4.78, 5) is 16.5. The third-order valence-electron chi connectivity index (χ3n) is 5.34. The molecule has 3 aromatic rings. The average Bonchev–Trinajstić information content (AvgIpc) is 3.34. The van der Waals surface area contributed by atoms with Crippen LogP contribution in [0.15, 0.2) is 45.7 Å². The number of aryl methyl sites for hydroxylation is 1. The molecular formula is C22H26N2O4. The van der Waals surface area contributed by atoms with Crippen LogP contribution in [0.5, 0.6) is 0 Å². The van der Waals surface area contributed by atoms with Crippen molar-refractivity contribution < 1.29 is 14.3 Å². The molecule has 6 nitrogen and oxygen atoms in total. The summed E-state index contributed by atoms with van der Waals surface area (Å²) in [5.74, 6) is 0.695. The molecule has 1 saturated heterocycles. The highest BCUT2D eigenvalue weighted by Gasteiger charge is 2.27. The Hall–Kier alpha value is -2.44. The van der Waals surface area contributed by atoms with Crippen molar-refractivity contribution >= 4 is 11.1 Å². The van der Waals surface area contributed by atoms with Crippen LogP contribution in [0.4, 0.5) is 0 Å². The topological polar surface area (TPSA) is 77.5 Å². The maximum absolute atomic E-state index is 12.4. The van der Waals surface area contributed by atoms with Crippen LogP contribution in [0.1, 0.15) is 50.8 Å². The quantitative estimate of drug-likeness (QED) is 0.624. The van der Waals surface area contributed by atoms with Gasteiger partial charge >= 0.3 is 5.69 Å². The summed E-state index contributed by atoms with van der Waals surface area (Å²) < 4.78 is 13.0. The Morgan fingerprint density at radius 2 is 2.04 bits per heavy atom. The van der Waals surface area contributed by atoms with Gasteiger partial charge in [-0.3, -0.25) is 4.57 Å². The number of nitrogens with zero attached hydrogens (tertiary/aromatic N) is 2. The Balaban J connectivity index is 1.57.